The second-order valence-corrected chi connectivity index (χ2v) is 7.61. The number of anilines is 2. The summed E-state index contributed by atoms with van der Waals surface area (Å²) in [5.41, 5.74) is 16.2. The molecule has 0 amide bonds. The van der Waals surface area contributed by atoms with Crippen molar-refractivity contribution in [3.63, 3.8) is 0 Å². The number of nitrogens with zero attached hydrogens (tertiary/aromatic N) is 6. The molecule has 2 aromatic carbocycles. The first-order valence-corrected chi connectivity index (χ1v) is 10.4. The summed E-state index contributed by atoms with van der Waals surface area (Å²) in [5.74, 6) is 2.43. The number of benzene rings is 2. The Hall–Kier alpha value is -3.33. The lowest BCUT2D eigenvalue weighted by Gasteiger charge is -2.04. The van der Waals surface area contributed by atoms with E-state index in [1.807, 2.05) is 60.7 Å². The number of hydrogen-bond acceptors (Lipinski definition) is 7. The Kier molecular flexibility index (Phi) is 5.76. The fourth-order valence-electron chi connectivity index (χ4n) is 2.91. The molecule has 0 radical (unpaired) electrons. The van der Waals surface area contributed by atoms with Crippen molar-refractivity contribution in [1.29, 1.82) is 0 Å². The summed E-state index contributed by atoms with van der Waals surface area (Å²) >= 11 is 1.64. The first-order valence-electron chi connectivity index (χ1n) is 9.22. The van der Waals surface area contributed by atoms with Crippen LogP contribution in [0.5, 0.6) is 0 Å². The third-order valence-electron chi connectivity index (χ3n) is 4.52. The molecule has 0 aliphatic carbocycles. The summed E-state index contributed by atoms with van der Waals surface area (Å²) in [7, 11) is 0. The van der Waals surface area contributed by atoms with Gasteiger partial charge in [0.15, 0.2) is 0 Å². The zero-order valence-corrected chi connectivity index (χ0v) is 16.7. The summed E-state index contributed by atoms with van der Waals surface area (Å²) in [6, 6.07) is 20.1. The van der Waals surface area contributed by atoms with Gasteiger partial charge in [0.1, 0.15) is 23.0 Å². The molecule has 4 rings (SSSR count). The molecule has 0 aliphatic heterocycles. The molecular formula is C20H22N8S. The molecule has 0 unspecified atom stereocenters. The average molecular weight is 407 g/mol. The lowest BCUT2D eigenvalue weighted by molar-refractivity contribution is 0.657. The Balaban J connectivity index is 1.34. The van der Waals surface area contributed by atoms with Gasteiger partial charge < -0.3 is 11.5 Å². The van der Waals surface area contributed by atoms with Crippen molar-refractivity contribution in [2.45, 2.75) is 24.6 Å². The van der Waals surface area contributed by atoms with Crippen molar-refractivity contribution >= 4 is 23.4 Å². The van der Waals surface area contributed by atoms with E-state index in [0.29, 0.717) is 36.2 Å². The zero-order chi connectivity index (χ0) is 20.1. The summed E-state index contributed by atoms with van der Waals surface area (Å²) in [5, 5.41) is 16.8. The SMILES string of the molecule is Nc1c(CSCc2nnn(Cc3ccccc3)c2N)nnn1Cc1ccccc1. The van der Waals surface area contributed by atoms with Crippen molar-refractivity contribution in [3.05, 3.63) is 83.2 Å². The lowest BCUT2D eigenvalue weighted by atomic mass is 10.2. The normalized spacial score (nSPS) is 11.0. The average Bonchev–Trinajstić information content (AvgIpc) is 3.27. The van der Waals surface area contributed by atoms with Gasteiger partial charge in [-0.25, -0.2) is 9.36 Å². The van der Waals surface area contributed by atoms with Crippen LogP contribution >= 0.6 is 11.8 Å². The smallest absolute Gasteiger partial charge is 0.146 e. The highest BCUT2D eigenvalue weighted by molar-refractivity contribution is 7.97. The van der Waals surface area contributed by atoms with E-state index in [-0.39, 0.29) is 0 Å². The highest BCUT2D eigenvalue weighted by Gasteiger charge is 2.13. The molecule has 0 aliphatic rings. The van der Waals surface area contributed by atoms with Crippen molar-refractivity contribution in [3.8, 4) is 0 Å². The van der Waals surface area contributed by atoms with E-state index in [9.17, 15) is 0 Å². The van der Waals surface area contributed by atoms with E-state index >= 15 is 0 Å². The van der Waals surface area contributed by atoms with Crippen LogP contribution in [0.1, 0.15) is 22.5 Å². The minimum Gasteiger partial charge on any atom is -0.382 e. The molecule has 29 heavy (non-hydrogen) atoms. The van der Waals surface area contributed by atoms with Gasteiger partial charge in [-0.3, -0.25) is 0 Å². The highest BCUT2D eigenvalue weighted by atomic mass is 32.2. The third kappa shape index (κ3) is 4.57. The maximum Gasteiger partial charge on any atom is 0.146 e. The first-order chi connectivity index (χ1) is 14.2. The monoisotopic (exact) mass is 406 g/mol. The molecule has 4 N–H and O–H groups in total. The van der Waals surface area contributed by atoms with Crippen LogP contribution in [0.25, 0.3) is 0 Å². The lowest BCUT2D eigenvalue weighted by Crippen LogP contribution is -2.07. The summed E-state index contributed by atoms with van der Waals surface area (Å²) < 4.78 is 3.44. The van der Waals surface area contributed by atoms with Gasteiger partial charge in [0, 0.05) is 11.5 Å². The van der Waals surface area contributed by atoms with Crippen LogP contribution in [0, 0.1) is 0 Å². The fraction of sp³-hybridized carbons (Fsp3) is 0.200. The van der Waals surface area contributed by atoms with Gasteiger partial charge in [0.05, 0.1) is 13.1 Å². The number of hydrogen-bond donors (Lipinski definition) is 2. The number of nitrogens with two attached hydrogens (primary N) is 2. The Morgan fingerprint density at radius 2 is 1.07 bits per heavy atom. The van der Waals surface area contributed by atoms with Gasteiger partial charge in [-0.1, -0.05) is 71.1 Å². The molecule has 0 bridgehead atoms. The van der Waals surface area contributed by atoms with Crippen LogP contribution in [0.15, 0.2) is 60.7 Å². The highest BCUT2D eigenvalue weighted by Crippen LogP contribution is 2.22. The fourth-order valence-corrected chi connectivity index (χ4v) is 3.81. The Labute approximate surface area is 172 Å². The summed E-state index contributed by atoms with van der Waals surface area (Å²) in [4.78, 5) is 0. The number of thioether (sulfide) groups is 1. The van der Waals surface area contributed by atoms with E-state index in [1.165, 1.54) is 0 Å². The summed E-state index contributed by atoms with van der Waals surface area (Å²) in [6.07, 6.45) is 0. The van der Waals surface area contributed by atoms with Crippen molar-refractivity contribution in [1.82, 2.24) is 30.0 Å². The molecule has 0 atom stereocenters. The van der Waals surface area contributed by atoms with Crippen LogP contribution in [0.3, 0.4) is 0 Å². The Morgan fingerprint density at radius 1 is 0.655 bits per heavy atom. The molecule has 0 saturated carbocycles. The minimum absolute atomic E-state index is 0.585. The van der Waals surface area contributed by atoms with E-state index in [0.717, 1.165) is 22.5 Å². The quantitative estimate of drug-likeness (QED) is 0.462. The molecule has 9 heteroatoms. The summed E-state index contributed by atoms with van der Waals surface area (Å²) in [6.45, 7) is 1.20. The second-order valence-electron chi connectivity index (χ2n) is 6.62. The van der Waals surface area contributed by atoms with Crippen LogP contribution < -0.4 is 11.5 Å². The molecule has 2 aromatic heterocycles. The first kappa shape index (κ1) is 19.0. The maximum absolute atomic E-state index is 6.22. The van der Waals surface area contributed by atoms with Crippen molar-refractivity contribution in [2.24, 2.45) is 0 Å². The van der Waals surface area contributed by atoms with Crippen molar-refractivity contribution in [2.75, 3.05) is 11.5 Å². The predicted octanol–water partition coefficient (Wildman–Crippen LogP) is 2.56. The van der Waals surface area contributed by atoms with Gasteiger partial charge in [-0.2, -0.15) is 0 Å². The van der Waals surface area contributed by atoms with Gasteiger partial charge in [0.25, 0.3) is 0 Å². The third-order valence-corrected chi connectivity index (χ3v) is 5.48. The molecule has 148 valence electrons. The molecule has 2 heterocycles. The molecule has 0 saturated heterocycles. The maximum atomic E-state index is 6.22. The van der Waals surface area contributed by atoms with Crippen LogP contribution in [0.2, 0.25) is 0 Å². The molecule has 0 fully saturated rings. The topological polar surface area (TPSA) is 113 Å². The van der Waals surface area contributed by atoms with Crippen molar-refractivity contribution < 1.29 is 0 Å². The van der Waals surface area contributed by atoms with E-state index in [2.05, 4.69) is 20.6 Å². The molecule has 8 nitrogen and oxygen atoms in total. The Morgan fingerprint density at radius 3 is 1.48 bits per heavy atom. The molecule has 0 spiro atoms. The van der Waals surface area contributed by atoms with Gasteiger partial charge in [-0.15, -0.1) is 22.0 Å². The number of rotatable bonds is 8. The molecular weight excluding hydrogens is 384 g/mol. The van der Waals surface area contributed by atoms with Crippen LogP contribution in [0.4, 0.5) is 11.6 Å². The standard InChI is InChI=1S/C20H22N8S/c21-19-17(23-25-27(19)11-15-7-3-1-4-8-15)13-29-14-18-20(22)28(26-24-18)12-16-9-5-2-6-10-16/h1-10H,11-14,21-22H2. The van der Waals surface area contributed by atoms with Crippen LogP contribution in [-0.2, 0) is 24.6 Å². The minimum atomic E-state index is 0.585. The number of nitrogen functional groups attached to an aromatic ring is 2. The molecule has 4 aromatic rings. The van der Waals surface area contributed by atoms with E-state index < -0.39 is 0 Å². The van der Waals surface area contributed by atoms with E-state index in [4.69, 9.17) is 11.5 Å². The predicted molar refractivity (Wildman–Crippen MR) is 115 cm³/mol. The van der Waals surface area contributed by atoms with Gasteiger partial charge in [0.2, 0.25) is 0 Å². The van der Waals surface area contributed by atoms with E-state index in [1.54, 1.807) is 21.1 Å². The number of aromatic nitrogens is 6. The zero-order valence-electron chi connectivity index (χ0n) is 15.8. The second kappa shape index (κ2) is 8.78. The Bertz CT molecular complexity index is 973. The largest absolute Gasteiger partial charge is 0.382 e. The van der Waals surface area contributed by atoms with Crippen LogP contribution in [-0.4, -0.2) is 30.0 Å². The van der Waals surface area contributed by atoms with Gasteiger partial charge >= 0.3 is 0 Å². The van der Waals surface area contributed by atoms with Gasteiger partial charge in [-0.05, 0) is 11.1 Å².